The first-order chi connectivity index (χ1) is 10.5. The summed E-state index contributed by atoms with van der Waals surface area (Å²) in [4.78, 5) is 14.1. The zero-order valence-corrected chi connectivity index (χ0v) is 12.8. The number of benzene rings is 2. The number of amides is 1. The van der Waals surface area contributed by atoms with Crippen molar-refractivity contribution in [2.75, 3.05) is 19.6 Å². The third-order valence-electron chi connectivity index (χ3n) is 3.45. The normalized spacial score (nSPS) is 12.3. The van der Waals surface area contributed by atoms with Crippen molar-refractivity contribution in [3.05, 3.63) is 52.5 Å². The highest BCUT2D eigenvalue weighted by Crippen LogP contribution is 2.32. The number of hydrogen-bond donors (Lipinski definition) is 1. The summed E-state index contributed by atoms with van der Waals surface area (Å²) in [5, 5.41) is 0.481. The summed E-state index contributed by atoms with van der Waals surface area (Å²) in [7, 11) is 1.72. The zero-order chi connectivity index (χ0) is 15.7. The fourth-order valence-corrected chi connectivity index (χ4v) is 2.48. The minimum atomic E-state index is -0.183. The first kappa shape index (κ1) is 14.5. The van der Waals surface area contributed by atoms with E-state index in [1.54, 1.807) is 30.1 Å². The van der Waals surface area contributed by atoms with Crippen molar-refractivity contribution in [2.45, 2.75) is 6.54 Å². The van der Waals surface area contributed by atoms with Gasteiger partial charge in [0.1, 0.15) is 0 Å². The fraction of sp³-hybridized carbons (Fsp3) is 0.188. The van der Waals surface area contributed by atoms with Gasteiger partial charge < -0.3 is 20.1 Å². The van der Waals surface area contributed by atoms with E-state index in [1.807, 2.05) is 18.2 Å². The van der Waals surface area contributed by atoms with Crippen LogP contribution in [0.15, 0.2) is 36.4 Å². The lowest BCUT2D eigenvalue weighted by Crippen LogP contribution is -2.27. The van der Waals surface area contributed by atoms with E-state index in [2.05, 4.69) is 0 Å². The van der Waals surface area contributed by atoms with E-state index in [9.17, 15) is 4.79 Å². The van der Waals surface area contributed by atoms with Gasteiger partial charge in [-0.25, -0.2) is 0 Å². The Labute approximate surface area is 133 Å². The molecule has 0 spiro atoms. The third kappa shape index (κ3) is 2.80. The Morgan fingerprint density at radius 1 is 1.23 bits per heavy atom. The van der Waals surface area contributed by atoms with Crippen LogP contribution < -0.4 is 15.2 Å². The predicted octanol–water partition coefficient (Wildman–Crippen LogP) is 2.92. The first-order valence-corrected chi connectivity index (χ1v) is 7.11. The summed E-state index contributed by atoms with van der Waals surface area (Å²) in [6.45, 7) is 0.661. The van der Waals surface area contributed by atoms with Crippen LogP contribution in [0.5, 0.6) is 11.5 Å². The van der Waals surface area contributed by atoms with Crippen LogP contribution in [0, 0.1) is 0 Å². The molecule has 1 heterocycles. The fourth-order valence-electron chi connectivity index (χ4n) is 2.30. The Kier molecular flexibility index (Phi) is 3.81. The van der Waals surface area contributed by atoms with E-state index in [-0.39, 0.29) is 12.7 Å². The lowest BCUT2D eigenvalue weighted by molar-refractivity contribution is 0.0786. The quantitative estimate of drug-likeness (QED) is 0.884. The molecule has 22 heavy (non-hydrogen) atoms. The van der Waals surface area contributed by atoms with Crippen LogP contribution in [-0.4, -0.2) is 24.6 Å². The van der Waals surface area contributed by atoms with E-state index in [4.69, 9.17) is 26.8 Å². The Balaban J connectivity index is 1.77. The predicted molar refractivity (Wildman–Crippen MR) is 84.2 cm³/mol. The number of anilines is 1. The molecule has 0 aliphatic carbocycles. The number of halogens is 1. The van der Waals surface area contributed by atoms with Crippen LogP contribution in [0.3, 0.4) is 0 Å². The SMILES string of the molecule is CN(Cc1ccc2c(c1)OCO2)C(=O)c1cc(Cl)ccc1N. The largest absolute Gasteiger partial charge is 0.454 e. The van der Waals surface area contributed by atoms with Crippen LogP contribution in [0.4, 0.5) is 5.69 Å². The summed E-state index contributed by atoms with van der Waals surface area (Å²) in [6.07, 6.45) is 0. The standard InChI is InChI=1S/C16H15ClN2O3/c1-19(16(20)12-7-11(17)3-4-13(12)18)8-10-2-5-14-15(6-10)22-9-21-14/h2-7H,8-9,18H2,1H3. The Bertz CT molecular complexity index is 733. The molecule has 0 bridgehead atoms. The molecule has 5 nitrogen and oxygen atoms in total. The molecule has 0 unspecified atom stereocenters. The molecule has 0 atom stereocenters. The molecule has 1 aliphatic heterocycles. The monoisotopic (exact) mass is 318 g/mol. The van der Waals surface area contributed by atoms with Crippen molar-refractivity contribution in [3.63, 3.8) is 0 Å². The number of carbonyl (C=O) groups excluding carboxylic acids is 1. The van der Waals surface area contributed by atoms with E-state index in [0.717, 1.165) is 11.3 Å². The third-order valence-corrected chi connectivity index (χ3v) is 3.68. The molecular weight excluding hydrogens is 304 g/mol. The molecule has 114 valence electrons. The summed E-state index contributed by atoms with van der Waals surface area (Å²) >= 11 is 5.93. The van der Waals surface area contributed by atoms with Crippen LogP contribution in [0.1, 0.15) is 15.9 Å². The summed E-state index contributed by atoms with van der Waals surface area (Å²) in [5.41, 5.74) is 7.61. The van der Waals surface area contributed by atoms with Gasteiger partial charge in [0.25, 0.3) is 5.91 Å². The van der Waals surface area contributed by atoms with Crippen LogP contribution in [0.2, 0.25) is 5.02 Å². The molecule has 1 amide bonds. The van der Waals surface area contributed by atoms with Crippen LogP contribution in [-0.2, 0) is 6.54 Å². The second kappa shape index (κ2) is 5.77. The average Bonchev–Trinajstić information content (AvgIpc) is 2.96. The van der Waals surface area contributed by atoms with Crippen molar-refractivity contribution in [1.29, 1.82) is 0 Å². The molecule has 2 aromatic carbocycles. The minimum absolute atomic E-state index is 0.183. The molecule has 6 heteroatoms. The van der Waals surface area contributed by atoms with Gasteiger partial charge in [0.15, 0.2) is 11.5 Å². The van der Waals surface area contributed by atoms with Gasteiger partial charge in [-0.15, -0.1) is 0 Å². The number of nitrogen functional groups attached to an aromatic ring is 1. The van der Waals surface area contributed by atoms with Gasteiger partial charge in [-0.1, -0.05) is 17.7 Å². The number of hydrogen-bond acceptors (Lipinski definition) is 4. The van der Waals surface area contributed by atoms with Crippen LogP contribution in [0.25, 0.3) is 0 Å². The average molecular weight is 319 g/mol. The molecule has 0 fully saturated rings. The molecule has 0 saturated carbocycles. The Morgan fingerprint density at radius 3 is 2.82 bits per heavy atom. The molecule has 0 radical (unpaired) electrons. The number of nitrogens with zero attached hydrogens (tertiary/aromatic N) is 1. The number of fused-ring (bicyclic) bond motifs is 1. The first-order valence-electron chi connectivity index (χ1n) is 6.73. The topological polar surface area (TPSA) is 64.8 Å². The summed E-state index contributed by atoms with van der Waals surface area (Å²) < 4.78 is 10.6. The summed E-state index contributed by atoms with van der Waals surface area (Å²) in [6, 6.07) is 10.5. The second-order valence-corrected chi connectivity index (χ2v) is 5.52. The minimum Gasteiger partial charge on any atom is -0.454 e. The Morgan fingerprint density at radius 2 is 2.00 bits per heavy atom. The maximum Gasteiger partial charge on any atom is 0.256 e. The Hall–Kier alpha value is -2.40. The molecule has 1 aliphatic rings. The number of rotatable bonds is 3. The van der Waals surface area contributed by atoms with Crippen molar-refractivity contribution < 1.29 is 14.3 Å². The van der Waals surface area contributed by atoms with Crippen molar-refractivity contribution in [2.24, 2.45) is 0 Å². The van der Waals surface area contributed by atoms with Gasteiger partial charge in [0, 0.05) is 24.3 Å². The van der Waals surface area contributed by atoms with E-state index in [0.29, 0.717) is 28.6 Å². The number of nitrogens with two attached hydrogens (primary N) is 1. The number of ether oxygens (including phenoxy) is 2. The molecule has 2 aromatic rings. The molecule has 0 saturated heterocycles. The molecule has 0 aromatic heterocycles. The van der Waals surface area contributed by atoms with Gasteiger partial charge in [0.05, 0.1) is 5.56 Å². The number of carbonyl (C=O) groups is 1. The van der Waals surface area contributed by atoms with E-state index >= 15 is 0 Å². The van der Waals surface area contributed by atoms with Crippen molar-refractivity contribution in [3.8, 4) is 11.5 Å². The maximum atomic E-state index is 12.5. The second-order valence-electron chi connectivity index (χ2n) is 5.08. The van der Waals surface area contributed by atoms with Gasteiger partial charge >= 0.3 is 0 Å². The highest BCUT2D eigenvalue weighted by atomic mass is 35.5. The lowest BCUT2D eigenvalue weighted by atomic mass is 10.1. The molecule has 3 rings (SSSR count). The molecule has 2 N–H and O–H groups in total. The van der Waals surface area contributed by atoms with E-state index < -0.39 is 0 Å². The zero-order valence-electron chi connectivity index (χ0n) is 12.0. The van der Waals surface area contributed by atoms with Gasteiger partial charge in [-0.2, -0.15) is 0 Å². The highest BCUT2D eigenvalue weighted by Gasteiger charge is 2.18. The van der Waals surface area contributed by atoms with Gasteiger partial charge in [-0.3, -0.25) is 4.79 Å². The van der Waals surface area contributed by atoms with E-state index in [1.165, 1.54) is 0 Å². The maximum absolute atomic E-state index is 12.5. The lowest BCUT2D eigenvalue weighted by Gasteiger charge is -2.18. The van der Waals surface area contributed by atoms with Crippen LogP contribution >= 0.6 is 11.6 Å². The highest BCUT2D eigenvalue weighted by molar-refractivity contribution is 6.31. The summed E-state index contributed by atoms with van der Waals surface area (Å²) in [5.74, 6) is 1.23. The molecular formula is C16H15ClN2O3. The van der Waals surface area contributed by atoms with Crippen molar-refractivity contribution in [1.82, 2.24) is 4.90 Å². The smallest absolute Gasteiger partial charge is 0.256 e. The van der Waals surface area contributed by atoms with Crippen molar-refractivity contribution >= 4 is 23.2 Å². The van der Waals surface area contributed by atoms with Gasteiger partial charge in [-0.05, 0) is 35.9 Å². The van der Waals surface area contributed by atoms with Gasteiger partial charge in [0.2, 0.25) is 6.79 Å².